The molecule has 2 aromatic rings. The molecule has 0 aliphatic carbocycles. The van der Waals surface area contributed by atoms with E-state index in [1.807, 2.05) is 0 Å². The molecule has 162 valence electrons. The van der Waals surface area contributed by atoms with Gasteiger partial charge in [-0.1, -0.05) is 46.9 Å². The lowest BCUT2D eigenvalue weighted by atomic mass is 10.1. The largest absolute Gasteiger partial charge is 0.355 e. The molecule has 0 heterocycles. The van der Waals surface area contributed by atoms with E-state index in [1.165, 1.54) is 28.8 Å². The minimum Gasteiger partial charge on any atom is -0.355 e. The number of amides is 2. The topological polar surface area (TPSA) is 49.4 Å². The number of nitrogens with one attached hydrogen (secondary N) is 1. The smallest absolute Gasteiger partial charge is 0.242 e. The molecule has 0 aliphatic rings. The van der Waals surface area contributed by atoms with Crippen molar-refractivity contribution in [3.8, 4) is 0 Å². The Kier molecular flexibility index (Phi) is 9.75. The average molecular weight is 492 g/mol. The van der Waals surface area contributed by atoms with Gasteiger partial charge in [-0.15, -0.1) is 11.8 Å². The van der Waals surface area contributed by atoms with Gasteiger partial charge in [-0.3, -0.25) is 9.59 Å². The zero-order valence-corrected chi connectivity index (χ0v) is 19.6. The van der Waals surface area contributed by atoms with Crippen LogP contribution in [-0.2, 0) is 21.9 Å². The third kappa shape index (κ3) is 6.77. The van der Waals surface area contributed by atoms with Crippen LogP contribution >= 0.6 is 46.6 Å². The molecule has 2 rings (SSSR count). The highest BCUT2D eigenvalue weighted by atomic mass is 35.5. The molecule has 0 fully saturated rings. The van der Waals surface area contributed by atoms with E-state index in [1.54, 1.807) is 38.1 Å². The molecule has 0 saturated carbocycles. The molecule has 0 aromatic heterocycles. The average Bonchev–Trinajstić information content (AvgIpc) is 2.69. The molecular formula is C21H22Cl3FN2O2S. The Balaban J connectivity index is 2.14. The normalized spacial score (nSPS) is 11.8. The number of carbonyl (C=O) groups excluding carboxylic acids is 2. The zero-order valence-electron chi connectivity index (χ0n) is 16.6. The van der Waals surface area contributed by atoms with Crippen molar-refractivity contribution in [3.63, 3.8) is 0 Å². The highest BCUT2D eigenvalue weighted by Crippen LogP contribution is 2.26. The first-order valence-corrected chi connectivity index (χ1v) is 11.5. The Morgan fingerprint density at radius 1 is 1.17 bits per heavy atom. The number of hydrogen-bond acceptors (Lipinski definition) is 3. The molecule has 0 unspecified atom stereocenters. The zero-order chi connectivity index (χ0) is 22.3. The Morgan fingerprint density at radius 2 is 1.90 bits per heavy atom. The maximum Gasteiger partial charge on any atom is 0.242 e. The number of nitrogens with zero attached hydrogens (tertiary/aromatic N) is 1. The van der Waals surface area contributed by atoms with Crippen molar-refractivity contribution in [3.05, 3.63) is 68.4 Å². The Hall–Kier alpha value is -1.47. The first-order chi connectivity index (χ1) is 14.2. The van der Waals surface area contributed by atoms with Crippen molar-refractivity contribution in [2.45, 2.75) is 32.2 Å². The summed E-state index contributed by atoms with van der Waals surface area (Å²) in [4.78, 5) is 26.8. The van der Waals surface area contributed by atoms with Gasteiger partial charge in [0.1, 0.15) is 11.9 Å². The molecule has 4 nitrogen and oxygen atoms in total. The van der Waals surface area contributed by atoms with E-state index in [9.17, 15) is 14.0 Å². The summed E-state index contributed by atoms with van der Waals surface area (Å²) in [5.74, 6) is -0.652. The summed E-state index contributed by atoms with van der Waals surface area (Å²) in [5, 5.41) is 3.93. The first-order valence-electron chi connectivity index (χ1n) is 9.26. The summed E-state index contributed by atoms with van der Waals surface area (Å²) in [6, 6.07) is 8.75. The van der Waals surface area contributed by atoms with E-state index in [2.05, 4.69) is 5.32 Å². The molecule has 0 saturated heterocycles. The SMILES string of the molecule is CCNC(=O)[C@@H](C)N(Cc1ccc(Cl)cc1Cl)C(=O)CSCc1c(F)cccc1Cl. The lowest BCUT2D eigenvalue weighted by molar-refractivity contribution is -0.138. The first kappa shape index (κ1) is 24.8. The summed E-state index contributed by atoms with van der Waals surface area (Å²) in [6.07, 6.45) is 0. The summed E-state index contributed by atoms with van der Waals surface area (Å²) in [7, 11) is 0. The Morgan fingerprint density at radius 3 is 2.53 bits per heavy atom. The predicted octanol–water partition coefficient (Wildman–Crippen LogP) is 5.57. The third-order valence-electron chi connectivity index (χ3n) is 4.41. The van der Waals surface area contributed by atoms with Crippen LogP contribution in [0.5, 0.6) is 0 Å². The minimum atomic E-state index is -0.707. The second kappa shape index (κ2) is 11.8. The van der Waals surface area contributed by atoms with Crippen molar-refractivity contribution >= 4 is 58.4 Å². The molecule has 2 aromatic carbocycles. The standard InChI is InChI=1S/C21H22Cl3FN2O2S/c1-3-26-21(29)13(2)27(10-14-7-8-15(22)9-18(14)24)20(28)12-30-11-16-17(23)5-4-6-19(16)25/h4-9,13H,3,10-12H2,1-2H3,(H,26,29)/t13-/m1/s1. The molecule has 1 atom stereocenters. The van der Waals surface area contributed by atoms with Gasteiger partial charge >= 0.3 is 0 Å². The highest BCUT2D eigenvalue weighted by molar-refractivity contribution is 7.99. The van der Waals surface area contributed by atoms with Crippen LogP contribution in [0.25, 0.3) is 0 Å². The van der Waals surface area contributed by atoms with Gasteiger partial charge in [0.15, 0.2) is 0 Å². The van der Waals surface area contributed by atoms with Crippen LogP contribution in [0.2, 0.25) is 15.1 Å². The molecule has 0 radical (unpaired) electrons. The second-order valence-electron chi connectivity index (χ2n) is 6.52. The quantitative estimate of drug-likeness (QED) is 0.499. The number of benzene rings is 2. The fraction of sp³-hybridized carbons (Fsp3) is 0.333. The van der Waals surface area contributed by atoms with Crippen LogP contribution in [-0.4, -0.2) is 35.1 Å². The van der Waals surface area contributed by atoms with Crippen molar-refractivity contribution < 1.29 is 14.0 Å². The number of halogens is 4. The maximum absolute atomic E-state index is 13.9. The summed E-state index contributed by atoms with van der Waals surface area (Å²) in [6.45, 7) is 4.06. The van der Waals surface area contributed by atoms with E-state index in [0.717, 1.165) is 0 Å². The summed E-state index contributed by atoms with van der Waals surface area (Å²) < 4.78 is 13.9. The Bertz CT molecular complexity index is 894. The second-order valence-corrected chi connectivity index (χ2v) is 8.76. The minimum absolute atomic E-state index is 0.0552. The summed E-state index contributed by atoms with van der Waals surface area (Å²) in [5.41, 5.74) is 1.02. The monoisotopic (exact) mass is 490 g/mol. The molecule has 30 heavy (non-hydrogen) atoms. The van der Waals surface area contributed by atoms with E-state index >= 15 is 0 Å². The molecule has 9 heteroatoms. The van der Waals surface area contributed by atoms with Gasteiger partial charge in [0, 0.05) is 39.5 Å². The number of likely N-dealkylation sites (N-methyl/N-ethyl adjacent to an activating group) is 1. The summed E-state index contributed by atoms with van der Waals surface area (Å²) >= 11 is 19.5. The lowest BCUT2D eigenvalue weighted by Crippen LogP contribution is -2.48. The van der Waals surface area contributed by atoms with Crippen LogP contribution in [0.1, 0.15) is 25.0 Å². The van der Waals surface area contributed by atoms with Crippen LogP contribution in [0.4, 0.5) is 4.39 Å². The van der Waals surface area contributed by atoms with Crippen molar-refractivity contribution in [2.75, 3.05) is 12.3 Å². The number of carbonyl (C=O) groups is 2. The van der Waals surface area contributed by atoms with Gasteiger partial charge in [-0.05, 0) is 43.7 Å². The Labute approximate surface area is 195 Å². The van der Waals surface area contributed by atoms with Crippen molar-refractivity contribution in [2.24, 2.45) is 0 Å². The number of thioether (sulfide) groups is 1. The lowest BCUT2D eigenvalue weighted by Gasteiger charge is -2.29. The molecule has 0 aliphatic heterocycles. The van der Waals surface area contributed by atoms with Gasteiger partial charge in [-0.2, -0.15) is 0 Å². The van der Waals surface area contributed by atoms with Gasteiger partial charge in [0.2, 0.25) is 11.8 Å². The molecule has 1 N–H and O–H groups in total. The number of hydrogen-bond donors (Lipinski definition) is 1. The molecular weight excluding hydrogens is 470 g/mol. The van der Waals surface area contributed by atoms with Crippen LogP contribution in [0.3, 0.4) is 0 Å². The fourth-order valence-corrected chi connectivity index (χ4v) is 4.45. The maximum atomic E-state index is 13.9. The third-order valence-corrected chi connectivity index (χ3v) is 6.29. The highest BCUT2D eigenvalue weighted by Gasteiger charge is 2.26. The fourth-order valence-electron chi connectivity index (χ4n) is 2.73. The van der Waals surface area contributed by atoms with E-state index in [0.29, 0.717) is 32.7 Å². The number of rotatable bonds is 9. The van der Waals surface area contributed by atoms with Crippen molar-refractivity contribution in [1.29, 1.82) is 0 Å². The molecule has 0 spiro atoms. The van der Waals surface area contributed by atoms with Crippen LogP contribution < -0.4 is 5.32 Å². The van der Waals surface area contributed by atoms with Gasteiger partial charge in [0.05, 0.1) is 5.75 Å². The van der Waals surface area contributed by atoms with Gasteiger partial charge < -0.3 is 10.2 Å². The van der Waals surface area contributed by atoms with Crippen molar-refractivity contribution in [1.82, 2.24) is 10.2 Å². The molecule has 0 bridgehead atoms. The van der Waals surface area contributed by atoms with E-state index in [4.69, 9.17) is 34.8 Å². The van der Waals surface area contributed by atoms with E-state index in [-0.39, 0.29) is 29.9 Å². The van der Waals surface area contributed by atoms with Gasteiger partial charge in [0.25, 0.3) is 0 Å². The van der Waals surface area contributed by atoms with E-state index < -0.39 is 11.9 Å². The predicted molar refractivity (Wildman–Crippen MR) is 123 cm³/mol. The van der Waals surface area contributed by atoms with Gasteiger partial charge in [-0.25, -0.2) is 4.39 Å². The molecule has 2 amide bonds. The van der Waals surface area contributed by atoms with Crippen LogP contribution in [0, 0.1) is 5.82 Å². The van der Waals surface area contributed by atoms with Crippen LogP contribution in [0.15, 0.2) is 36.4 Å².